The second kappa shape index (κ2) is 9.08. The molecule has 164 valence electrons. The minimum Gasteiger partial charge on any atom is -0.263 e. The van der Waals surface area contributed by atoms with Gasteiger partial charge in [0.15, 0.2) is 5.82 Å². The van der Waals surface area contributed by atoms with Gasteiger partial charge in [-0.3, -0.25) is 5.10 Å². The number of benzene rings is 1. The Balaban J connectivity index is 1.80. The molecule has 4 atom stereocenters. The van der Waals surface area contributed by atoms with Gasteiger partial charge in [-0.25, -0.2) is 4.98 Å². The normalized spacial score (nSPS) is 24.7. The molecule has 0 aliphatic heterocycles. The van der Waals surface area contributed by atoms with Crippen LogP contribution >= 0.6 is 0 Å². The van der Waals surface area contributed by atoms with E-state index >= 15 is 0 Å². The third kappa shape index (κ3) is 5.42. The van der Waals surface area contributed by atoms with Crippen LogP contribution in [0.4, 0.5) is 0 Å². The smallest absolute Gasteiger partial charge is 0.181 e. The molecule has 30 heavy (non-hydrogen) atoms. The molecule has 1 aromatic heterocycles. The topological polar surface area (TPSA) is 41.6 Å². The van der Waals surface area contributed by atoms with Gasteiger partial charge in [0, 0.05) is 12.0 Å². The van der Waals surface area contributed by atoms with Crippen molar-refractivity contribution in [3.8, 4) is 11.4 Å². The maximum Gasteiger partial charge on any atom is 0.181 e. The Morgan fingerprint density at radius 2 is 1.90 bits per heavy atom. The van der Waals surface area contributed by atoms with Crippen molar-refractivity contribution in [1.29, 1.82) is 0 Å². The Bertz CT molecular complexity index is 880. The molecule has 1 aliphatic rings. The minimum atomic E-state index is 0.332. The Morgan fingerprint density at radius 1 is 1.17 bits per heavy atom. The predicted octanol–water partition coefficient (Wildman–Crippen LogP) is 7.31. The van der Waals surface area contributed by atoms with Crippen LogP contribution in [0, 0.1) is 42.9 Å². The molecule has 1 heterocycles. The van der Waals surface area contributed by atoms with E-state index in [0.717, 1.165) is 35.5 Å². The van der Waals surface area contributed by atoms with E-state index in [1.165, 1.54) is 36.0 Å². The van der Waals surface area contributed by atoms with Crippen molar-refractivity contribution in [2.24, 2.45) is 29.1 Å². The zero-order valence-corrected chi connectivity index (χ0v) is 20.3. The maximum atomic E-state index is 4.87. The fourth-order valence-corrected chi connectivity index (χ4v) is 5.48. The van der Waals surface area contributed by atoms with Crippen molar-refractivity contribution in [3.05, 3.63) is 46.8 Å². The van der Waals surface area contributed by atoms with Gasteiger partial charge in [0.2, 0.25) is 0 Å². The molecule has 1 aliphatic carbocycles. The summed E-state index contributed by atoms with van der Waals surface area (Å²) in [5.74, 6) is 4.76. The van der Waals surface area contributed by atoms with Gasteiger partial charge in [-0.1, -0.05) is 57.0 Å². The molecule has 0 amide bonds. The fraction of sp³-hybridized carbons (Fsp3) is 0.630. The second-order valence-corrected chi connectivity index (χ2v) is 11.1. The van der Waals surface area contributed by atoms with E-state index < -0.39 is 0 Å². The summed E-state index contributed by atoms with van der Waals surface area (Å²) in [5.41, 5.74) is 5.39. The van der Waals surface area contributed by atoms with Gasteiger partial charge in [-0.2, -0.15) is 5.10 Å². The Kier molecular flexibility index (Phi) is 6.89. The number of nitrogens with zero attached hydrogens (tertiary/aromatic N) is 2. The molecule has 1 saturated carbocycles. The monoisotopic (exact) mass is 407 g/mol. The lowest BCUT2D eigenvalue weighted by Gasteiger charge is -2.46. The number of rotatable bonds is 5. The lowest BCUT2D eigenvalue weighted by atomic mass is 9.59. The molecule has 1 fully saturated rings. The van der Waals surface area contributed by atoms with E-state index in [0.29, 0.717) is 17.3 Å². The van der Waals surface area contributed by atoms with E-state index in [4.69, 9.17) is 4.98 Å². The summed E-state index contributed by atoms with van der Waals surface area (Å²) in [7, 11) is 0. The molecule has 3 nitrogen and oxygen atoms in total. The first-order valence-electron chi connectivity index (χ1n) is 11.7. The van der Waals surface area contributed by atoms with Gasteiger partial charge >= 0.3 is 0 Å². The molecule has 1 aromatic carbocycles. The first-order chi connectivity index (χ1) is 14.0. The third-order valence-corrected chi connectivity index (χ3v) is 6.94. The SMILES string of the molecule is CC(C)=CC1CC(C)CC(C(C)(C)C)C1CCc1nc(-c2cc(C)ccc2C)n[nH]1. The maximum absolute atomic E-state index is 4.87. The van der Waals surface area contributed by atoms with Crippen LogP contribution in [0.25, 0.3) is 11.4 Å². The summed E-state index contributed by atoms with van der Waals surface area (Å²) in [6.07, 6.45) is 7.33. The number of nitrogens with one attached hydrogen (secondary N) is 1. The van der Waals surface area contributed by atoms with Gasteiger partial charge in [-0.05, 0) is 87.7 Å². The highest BCUT2D eigenvalue weighted by Gasteiger charge is 2.40. The Labute approximate surface area is 183 Å². The molecule has 1 N–H and O–H groups in total. The summed E-state index contributed by atoms with van der Waals surface area (Å²) in [5, 5.41) is 7.78. The van der Waals surface area contributed by atoms with E-state index in [-0.39, 0.29) is 0 Å². The van der Waals surface area contributed by atoms with Crippen LogP contribution in [-0.4, -0.2) is 15.2 Å². The standard InChI is InChI=1S/C27H41N3/c1-17(2)13-21-14-19(4)16-24(27(6,7)8)22(21)11-12-25-28-26(30-29-25)23-15-18(3)9-10-20(23)5/h9-10,13,15,19,21-22,24H,11-12,14,16H2,1-8H3,(H,28,29,30). The van der Waals surface area contributed by atoms with Crippen molar-refractivity contribution < 1.29 is 0 Å². The van der Waals surface area contributed by atoms with Gasteiger partial charge in [0.25, 0.3) is 0 Å². The molecule has 0 radical (unpaired) electrons. The lowest BCUT2D eigenvalue weighted by molar-refractivity contribution is 0.0465. The van der Waals surface area contributed by atoms with Crippen molar-refractivity contribution in [2.75, 3.05) is 0 Å². The summed E-state index contributed by atoms with van der Waals surface area (Å²) >= 11 is 0. The minimum absolute atomic E-state index is 0.332. The Morgan fingerprint density at radius 3 is 2.57 bits per heavy atom. The number of allylic oxidation sites excluding steroid dienone is 2. The van der Waals surface area contributed by atoms with Crippen LogP contribution in [0.1, 0.15) is 77.8 Å². The van der Waals surface area contributed by atoms with Gasteiger partial charge in [-0.15, -0.1) is 0 Å². The molecule has 2 aromatic rings. The number of hydrogen-bond donors (Lipinski definition) is 1. The van der Waals surface area contributed by atoms with Crippen molar-refractivity contribution in [1.82, 2.24) is 15.2 Å². The number of aromatic nitrogens is 3. The highest BCUT2D eigenvalue weighted by atomic mass is 15.2. The molecular weight excluding hydrogens is 366 g/mol. The molecule has 4 unspecified atom stereocenters. The quantitative estimate of drug-likeness (QED) is 0.528. The lowest BCUT2D eigenvalue weighted by Crippen LogP contribution is -2.38. The van der Waals surface area contributed by atoms with E-state index in [1.807, 2.05) is 0 Å². The van der Waals surface area contributed by atoms with Crippen LogP contribution < -0.4 is 0 Å². The van der Waals surface area contributed by atoms with Crippen LogP contribution in [0.15, 0.2) is 29.8 Å². The third-order valence-electron chi connectivity index (χ3n) is 6.94. The Hall–Kier alpha value is -1.90. The molecule has 3 rings (SSSR count). The zero-order chi connectivity index (χ0) is 22.1. The van der Waals surface area contributed by atoms with Crippen LogP contribution in [0.2, 0.25) is 0 Å². The average Bonchev–Trinajstić information content (AvgIpc) is 3.10. The number of H-pyrrole nitrogens is 1. The summed E-state index contributed by atoms with van der Waals surface area (Å²) in [6, 6.07) is 6.49. The fourth-order valence-electron chi connectivity index (χ4n) is 5.48. The second-order valence-electron chi connectivity index (χ2n) is 11.1. The summed E-state index contributed by atoms with van der Waals surface area (Å²) < 4.78 is 0. The zero-order valence-electron chi connectivity index (χ0n) is 20.3. The van der Waals surface area contributed by atoms with Crippen molar-refractivity contribution in [2.45, 2.75) is 81.1 Å². The molecule has 3 heteroatoms. The largest absolute Gasteiger partial charge is 0.263 e. The van der Waals surface area contributed by atoms with Crippen molar-refractivity contribution in [3.63, 3.8) is 0 Å². The number of aromatic amines is 1. The van der Waals surface area contributed by atoms with Gasteiger partial charge in [0.05, 0.1) is 0 Å². The van der Waals surface area contributed by atoms with Gasteiger partial charge in [0.1, 0.15) is 5.82 Å². The molecular formula is C27H41N3. The highest BCUT2D eigenvalue weighted by molar-refractivity contribution is 5.60. The first-order valence-corrected chi connectivity index (χ1v) is 11.7. The van der Waals surface area contributed by atoms with Crippen LogP contribution in [-0.2, 0) is 6.42 Å². The summed E-state index contributed by atoms with van der Waals surface area (Å²) in [4.78, 5) is 4.87. The number of aryl methyl sites for hydroxylation is 3. The first kappa shape index (κ1) is 22.8. The van der Waals surface area contributed by atoms with E-state index in [1.54, 1.807) is 0 Å². The van der Waals surface area contributed by atoms with Crippen LogP contribution in [0.3, 0.4) is 0 Å². The van der Waals surface area contributed by atoms with E-state index in [2.05, 4.69) is 89.9 Å². The van der Waals surface area contributed by atoms with Crippen LogP contribution in [0.5, 0.6) is 0 Å². The van der Waals surface area contributed by atoms with Gasteiger partial charge < -0.3 is 0 Å². The number of hydrogen-bond acceptors (Lipinski definition) is 2. The molecule has 0 bridgehead atoms. The van der Waals surface area contributed by atoms with E-state index in [9.17, 15) is 0 Å². The molecule has 0 spiro atoms. The predicted molar refractivity (Wildman–Crippen MR) is 127 cm³/mol. The summed E-state index contributed by atoms with van der Waals surface area (Å²) in [6.45, 7) is 18.5. The highest BCUT2D eigenvalue weighted by Crippen LogP contribution is 2.49. The molecule has 0 saturated heterocycles. The average molecular weight is 408 g/mol. The van der Waals surface area contributed by atoms with Crippen molar-refractivity contribution >= 4 is 0 Å².